The second kappa shape index (κ2) is 22.5. The van der Waals surface area contributed by atoms with Gasteiger partial charge in [-0.15, -0.1) is 0 Å². The Balaban J connectivity index is 0. The van der Waals surface area contributed by atoms with E-state index in [4.69, 9.17) is 19.8 Å². The molecule has 0 aliphatic carbocycles. The maximum absolute atomic E-state index is 11.0. The van der Waals surface area contributed by atoms with Crippen LogP contribution < -0.4 is 10.2 Å². The van der Waals surface area contributed by atoms with Gasteiger partial charge in [0.05, 0.1) is 0 Å². The smallest absolute Gasteiger partial charge is 0.550 e. The molecule has 0 amide bonds. The molecule has 2 aromatic rings. The van der Waals surface area contributed by atoms with Gasteiger partial charge in [0.2, 0.25) is 0 Å². The van der Waals surface area contributed by atoms with Gasteiger partial charge in [0.15, 0.2) is 0 Å². The molecule has 9 heteroatoms. The number of aryl methyl sites for hydroxylation is 2. The minimum Gasteiger partial charge on any atom is -0.550 e. The molecule has 2 N–H and O–H groups in total. The molecule has 0 unspecified atom stereocenters. The SMILES string of the molecule is CC(=O)[O-].CC(=O)[O-].CC(C)CCc1cc(C=NCCCN=Cc2cc(CCC(C)C)cc(C(C)(C)C)c2O)c(O)c(C(C)(C)C)c1.[Co+2]. The Hall–Kier alpha value is -3.17. The molecule has 271 valence electrons. The van der Waals surface area contributed by atoms with E-state index in [0.717, 1.165) is 68.2 Å². The van der Waals surface area contributed by atoms with Crippen LogP contribution in [0.2, 0.25) is 0 Å². The molecular formula is C39H60CoN2O6. The van der Waals surface area contributed by atoms with Gasteiger partial charge < -0.3 is 30.0 Å². The average molecular weight is 712 g/mol. The largest absolute Gasteiger partial charge is 2.00 e. The number of nitrogens with zero attached hydrogens (tertiary/aromatic N) is 2. The minimum atomic E-state index is -1.08. The third-order valence-electron chi connectivity index (χ3n) is 7.07. The summed E-state index contributed by atoms with van der Waals surface area (Å²) in [5, 5.41) is 39.7. The number of carbonyl (C=O) groups is 2. The van der Waals surface area contributed by atoms with Crippen LogP contribution in [-0.4, -0.2) is 47.7 Å². The third-order valence-corrected chi connectivity index (χ3v) is 7.07. The first-order valence-electron chi connectivity index (χ1n) is 16.6. The summed E-state index contributed by atoms with van der Waals surface area (Å²) in [6, 6.07) is 8.47. The molecule has 1 radical (unpaired) electrons. The Labute approximate surface area is 300 Å². The standard InChI is InChI=1S/C35H54N2O2.2C2H4O2.Co/c1-24(2)12-14-26-18-28(32(38)30(20-26)34(5,6)7)22-36-16-11-17-37-23-29-19-27(15-13-25(3)4)21-31(33(29)39)35(8,9)10;2*1-2(3)4;/h18-25,38-39H,11-17H2,1-10H3;2*1H3,(H,3,4);/q;;;+2/p-2. The first-order valence-corrected chi connectivity index (χ1v) is 16.6. The fourth-order valence-electron chi connectivity index (χ4n) is 4.56. The van der Waals surface area contributed by atoms with Crippen molar-refractivity contribution in [3.8, 4) is 11.5 Å². The van der Waals surface area contributed by atoms with Crippen molar-refractivity contribution >= 4 is 24.4 Å². The van der Waals surface area contributed by atoms with Gasteiger partial charge in [0, 0.05) is 59.7 Å². The molecule has 2 aromatic carbocycles. The number of hydrogen-bond acceptors (Lipinski definition) is 8. The Morgan fingerprint density at radius 3 is 1.23 bits per heavy atom. The van der Waals surface area contributed by atoms with E-state index in [0.29, 0.717) is 36.4 Å². The maximum Gasteiger partial charge on any atom is 2.00 e. The summed E-state index contributed by atoms with van der Waals surface area (Å²) in [5.74, 6) is -0.224. The molecule has 8 nitrogen and oxygen atoms in total. The van der Waals surface area contributed by atoms with Crippen molar-refractivity contribution in [1.82, 2.24) is 0 Å². The Kier molecular flexibility index (Phi) is 22.0. The molecule has 0 aliphatic heterocycles. The van der Waals surface area contributed by atoms with Crippen molar-refractivity contribution in [2.45, 2.75) is 126 Å². The Bertz CT molecular complexity index is 1230. The van der Waals surface area contributed by atoms with Gasteiger partial charge in [-0.05, 0) is 91.9 Å². The number of carboxylic acid groups (broad SMARTS) is 2. The summed E-state index contributed by atoms with van der Waals surface area (Å²) in [6.07, 6.45) is 8.66. The van der Waals surface area contributed by atoms with E-state index in [1.165, 1.54) is 11.1 Å². The van der Waals surface area contributed by atoms with Crippen molar-refractivity contribution in [2.24, 2.45) is 21.8 Å². The van der Waals surface area contributed by atoms with Crippen LogP contribution in [0, 0.1) is 11.8 Å². The number of hydrogen-bond donors (Lipinski definition) is 2. The summed E-state index contributed by atoms with van der Waals surface area (Å²) in [6.45, 7) is 25.0. The van der Waals surface area contributed by atoms with E-state index in [2.05, 4.69) is 103 Å². The Morgan fingerprint density at radius 2 is 0.979 bits per heavy atom. The number of phenolic OH excluding ortho intramolecular Hbond substituents is 2. The fourth-order valence-corrected chi connectivity index (χ4v) is 4.56. The van der Waals surface area contributed by atoms with Crippen LogP contribution in [0.4, 0.5) is 0 Å². The first-order chi connectivity index (χ1) is 21.6. The fraction of sp³-hybridized carbons (Fsp3) is 0.590. The van der Waals surface area contributed by atoms with Gasteiger partial charge in [-0.2, -0.15) is 0 Å². The number of phenols is 2. The van der Waals surface area contributed by atoms with Crippen molar-refractivity contribution in [3.63, 3.8) is 0 Å². The second-order valence-electron chi connectivity index (χ2n) is 14.9. The van der Waals surface area contributed by atoms with E-state index < -0.39 is 11.9 Å². The van der Waals surface area contributed by atoms with Gasteiger partial charge in [-0.1, -0.05) is 81.4 Å². The van der Waals surface area contributed by atoms with Gasteiger partial charge >= 0.3 is 16.8 Å². The molecule has 0 saturated heterocycles. The summed E-state index contributed by atoms with van der Waals surface area (Å²) in [7, 11) is 0. The molecule has 0 atom stereocenters. The molecule has 0 aliphatic rings. The van der Waals surface area contributed by atoms with Gasteiger partial charge in [0.1, 0.15) is 11.5 Å². The summed E-state index contributed by atoms with van der Waals surface area (Å²) < 4.78 is 0. The van der Waals surface area contributed by atoms with E-state index >= 15 is 0 Å². The molecule has 0 spiro atoms. The number of aliphatic imine (C=N–C) groups is 2. The third kappa shape index (κ3) is 20.3. The number of rotatable bonds is 12. The molecule has 2 rings (SSSR count). The number of carboxylic acids is 2. The summed E-state index contributed by atoms with van der Waals surface area (Å²) >= 11 is 0. The van der Waals surface area contributed by atoms with Crippen LogP contribution in [0.3, 0.4) is 0 Å². The summed E-state index contributed by atoms with van der Waals surface area (Å²) in [4.78, 5) is 27.0. The predicted octanol–water partition coefficient (Wildman–Crippen LogP) is 6.31. The van der Waals surface area contributed by atoms with E-state index in [1.54, 1.807) is 0 Å². The normalized spacial score (nSPS) is 11.6. The zero-order chi connectivity index (χ0) is 36.5. The van der Waals surface area contributed by atoms with Crippen LogP contribution in [0.1, 0.15) is 136 Å². The number of carbonyl (C=O) groups excluding carboxylic acids is 2. The zero-order valence-electron chi connectivity index (χ0n) is 31.3. The monoisotopic (exact) mass is 711 g/mol. The van der Waals surface area contributed by atoms with E-state index in [9.17, 15) is 10.2 Å². The van der Waals surface area contributed by atoms with Gasteiger partial charge in [-0.25, -0.2) is 0 Å². The van der Waals surface area contributed by atoms with Crippen LogP contribution in [-0.2, 0) is 50.0 Å². The quantitative estimate of drug-likeness (QED) is 0.195. The predicted molar refractivity (Wildman–Crippen MR) is 191 cm³/mol. The first kappa shape index (κ1) is 46.9. The van der Waals surface area contributed by atoms with Crippen LogP contribution in [0.25, 0.3) is 0 Å². The van der Waals surface area contributed by atoms with Crippen molar-refractivity contribution in [3.05, 3.63) is 57.6 Å². The Morgan fingerprint density at radius 1 is 0.688 bits per heavy atom. The van der Waals surface area contributed by atoms with Crippen molar-refractivity contribution < 1.29 is 46.8 Å². The average Bonchev–Trinajstić information content (AvgIpc) is 2.90. The molecule has 0 bridgehead atoms. The second-order valence-corrected chi connectivity index (χ2v) is 14.9. The molecule has 48 heavy (non-hydrogen) atoms. The van der Waals surface area contributed by atoms with Crippen molar-refractivity contribution in [2.75, 3.05) is 13.1 Å². The van der Waals surface area contributed by atoms with Gasteiger partial charge in [0.25, 0.3) is 0 Å². The minimum absolute atomic E-state index is 0. The topological polar surface area (TPSA) is 145 Å². The van der Waals surface area contributed by atoms with E-state index in [1.807, 2.05) is 12.4 Å². The van der Waals surface area contributed by atoms with Crippen LogP contribution in [0.5, 0.6) is 11.5 Å². The number of aromatic hydroxyl groups is 2. The molecular weight excluding hydrogens is 651 g/mol. The number of benzene rings is 2. The number of aliphatic carboxylic acids is 2. The molecule has 0 heterocycles. The molecule has 0 saturated carbocycles. The van der Waals surface area contributed by atoms with Crippen LogP contribution >= 0.6 is 0 Å². The van der Waals surface area contributed by atoms with Gasteiger partial charge in [-0.3, -0.25) is 9.98 Å². The van der Waals surface area contributed by atoms with E-state index in [-0.39, 0.29) is 27.6 Å². The maximum atomic E-state index is 11.0. The molecule has 0 aromatic heterocycles. The summed E-state index contributed by atoms with van der Waals surface area (Å²) in [5.41, 5.74) is 5.76. The van der Waals surface area contributed by atoms with Crippen molar-refractivity contribution in [1.29, 1.82) is 0 Å². The molecule has 0 fully saturated rings. The zero-order valence-corrected chi connectivity index (χ0v) is 32.4. The van der Waals surface area contributed by atoms with Crippen LogP contribution in [0.15, 0.2) is 34.3 Å².